The van der Waals surface area contributed by atoms with Crippen LogP contribution in [0.1, 0.15) is 33.7 Å². The van der Waals surface area contributed by atoms with Gasteiger partial charge in [-0.2, -0.15) is 0 Å². The summed E-state index contributed by atoms with van der Waals surface area (Å²) in [6, 6.07) is 11.4. The van der Waals surface area contributed by atoms with E-state index in [9.17, 15) is 14.4 Å². The van der Waals surface area contributed by atoms with Crippen LogP contribution >= 0.6 is 11.3 Å². The molecule has 2 N–H and O–H groups in total. The number of hydrogen-bond donors (Lipinski definition) is 2. The zero-order valence-electron chi connectivity index (χ0n) is 19.5. The van der Waals surface area contributed by atoms with Gasteiger partial charge in [-0.3, -0.25) is 19.1 Å². The van der Waals surface area contributed by atoms with E-state index in [2.05, 4.69) is 15.3 Å². The minimum atomic E-state index is -0.201. The molecular weight excluding hydrogens is 462 g/mol. The Morgan fingerprint density at radius 1 is 1.20 bits per heavy atom. The highest BCUT2D eigenvalue weighted by molar-refractivity contribution is 7.10. The van der Waals surface area contributed by atoms with Crippen molar-refractivity contribution in [2.24, 2.45) is 0 Å². The molecule has 0 saturated carbocycles. The summed E-state index contributed by atoms with van der Waals surface area (Å²) in [5.41, 5.74) is 5.51. The van der Waals surface area contributed by atoms with Crippen LogP contribution in [-0.2, 0) is 42.1 Å². The summed E-state index contributed by atoms with van der Waals surface area (Å²) in [6.07, 6.45) is 3.18. The number of nitrogens with zero attached hydrogens (tertiary/aromatic N) is 3. The van der Waals surface area contributed by atoms with Gasteiger partial charge in [0.05, 0.1) is 17.5 Å². The van der Waals surface area contributed by atoms with Crippen molar-refractivity contribution in [3.63, 3.8) is 0 Å². The van der Waals surface area contributed by atoms with E-state index in [0.29, 0.717) is 39.0 Å². The second-order valence-electron chi connectivity index (χ2n) is 8.77. The number of rotatable bonds is 7. The average molecular weight is 490 g/mol. The van der Waals surface area contributed by atoms with Crippen molar-refractivity contribution in [2.45, 2.75) is 45.8 Å². The third-order valence-corrected chi connectivity index (χ3v) is 7.43. The predicted molar refractivity (Wildman–Crippen MR) is 135 cm³/mol. The molecule has 1 aliphatic heterocycles. The minimum Gasteiger partial charge on any atom is -0.352 e. The zero-order chi connectivity index (χ0) is 24.4. The molecule has 8 nitrogen and oxygen atoms in total. The monoisotopic (exact) mass is 489 g/mol. The molecule has 1 aliphatic rings. The molecule has 2 amide bonds. The quantitative estimate of drug-likeness (QED) is 0.417. The van der Waals surface area contributed by atoms with Crippen LogP contribution < -0.4 is 11.0 Å². The Hall–Kier alpha value is -3.72. The lowest BCUT2D eigenvalue weighted by molar-refractivity contribution is -0.132. The van der Waals surface area contributed by atoms with Gasteiger partial charge in [0, 0.05) is 49.4 Å². The third kappa shape index (κ3) is 4.90. The van der Waals surface area contributed by atoms with Gasteiger partial charge in [0.15, 0.2) is 0 Å². The molecule has 0 fully saturated rings. The molecule has 4 aromatic rings. The molecule has 0 spiro atoms. The summed E-state index contributed by atoms with van der Waals surface area (Å²) >= 11 is 1.57. The Balaban J connectivity index is 1.23. The van der Waals surface area contributed by atoms with Gasteiger partial charge >= 0.3 is 5.69 Å². The van der Waals surface area contributed by atoms with Crippen molar-refractivity contribution < 1.29 is 9.59 Å². The highest BCUT2D eigenvalue weighted by atomic mass is 32.1. The fraction of sp³-hybridized carbons (Fsp3) is 0.308. The Bertz CT molecular complexity index is 1440. The number of carbonyl (C=O) groups is 2. The number of imidazole rings is 1. The molecule has 180 valence electrons. The fourth-order valence-electron chi connectivity index (χ4n) is 4.68. The summed E-state index contributed by atoms with van der Waals surface area (Å²) in [5.74, 6) is 0.00352. The minimum absolute atomic E-state index is 0.00964. The highest BCUT2D eigenvalue weighted by Crippen LogP contribution is 2.24. The number of aromatic nitrogens is 3. The van der Waals surface area contributed by atoms with Gasteiger partial charge in [-0.1, -0.05) is 18.2 Å². The standard InChI is InChI=1S/C26H27N5O3S/c1-17-21(15-28-24(32)13-19-5-4-12-35-19)20-8-10-30(16-18(20)14-27-17)25(33)9-11-31-23-7-3-2-6-22(23)29-26(31)34/h2-7,12,14H,8-11,13,15-16H2,1H3,(H,28,32)(H,29,34). The van der Waals surface area contributed by atoms with Crippen LogP contribution in [0, 0.1) is 6.92 Å². The van der Waals surface area contributed by atoms with Gasteiger partial charge in [0.25, 0.3) is 0 Å². The van der Waals surface area contributed by atoms with Crippen LogP contribution in [0.5, 0.6) is 0 Å². The molecule has 1 aromatic carbocycles. The highest BCUT2D eigenvalue weighted by Gasteiger charge is 2.24. The van der Waals surface area contributed by atoms with E-state index in [1.807, 2.05) is 59.8 Å². The lowest BCUT2D eigenvalue weighted by atomic mass is 9.94. The van der Waals surface area contributed by atoms with Crippen molar-refractivity contribution in [1.82, 2.24) is 24.8 Å². The molecule has 9 heteroatoms. The SMILES string of the molecule is Cc1ncc2c(c1CNC(=O)Cc1cccs1)CCN(C(=O)CCn1c(=O)[nH]c3ccccc31)C2. The molecule has 5 rings (SSSR count). The summed E-state index contributed by atoms with van der Waals surface area (Å²) in [7, 11) is 0. The maximum atomic E-state index is 13.0. The largest absolute Gasteiger partial charge is 0.352 e. The zero-order valence-corrected chi connectivity index (χ0v) is 20.4. The van der Waals surface area contributed by atoms with E-state index in [1.54, 1.807) is 15.9 Å². The van der Waals surface area contributed by atoms with Gasteiger partial charge in [-0.15, -0.1) is 11.3 Å². The number of carbonyl (C=O) groups excluding carboxylic acids is 2. The van der Waals surface area contributed by atoms with E-state index in [1.165, 1.54) is 5.56 Å². The maximum absolute atomic E-state index is 13.0. The second kappa shape index (κ2) is 9.87. The van der Waals surface area contributed by atoms with Crippen molar-refractivity contribution in [3.05, 3.63) is 85.7 Å². The molecule has 35 heavy (non-hydrogen) atoms. The van der Waals surface area contributed by atoms with Crippen molar-refractivity contribution >= 4 is 34.2 Å². The first-order valence-corrected chi connectivity index (χ1v) is 12.6. The molecule has 0 radical (unpaired) electrons. The first kappa shape index (κ1) is 23.0. The van der Waals surface area contributed by atoms with E-state index in [4.69, 9.17) is 0 Å². The normalized spacial score (nSPS) is 13.1. The lowest BCUT2D eigenvalue weighted by Crippen LogP contribution is -2.38. The molecular formula is C26H27N5O3S. The van der Waals surface area contributed by atoms with Gasteiger partial charge in [-0.05, 0) is 53.6 Å². The number of hydrogen-bond acceptors (Lipinski definition) is 5. The van der Waals surface area contributed by atoms with Crippen LogP contribution in [0.15, 0.2) is 52.8 Å². The Labute approximate surface area is 206 Å². The lowest BCUT2D eigenvalue weighted by Gasteiger charge is -2.30. The maximum Gasteiger partial charge on any atom is 0.326 e. The number of H-pyrrole nitrogens is 1. The second-order valence-corrected chi connectivity index (χ2v) is 9.81. The number of aromatic amines is 1. The van der Waals surface area contributed by atoms with E-state index in [0.717, 1.165) is 32.7 Å². The molecule has 0 saturated heterocycles. The molecule has 0 atom stereocenters. The van der Waals surface area contributed by atoms with Crippen LogP contribution in [0.25, 0.3) is 11.0 Å². The number of thiophene rings is 1. The number of pyridine rings is 1. The topological polar surface area (TPSA) is 100 Å². The third-order valence-electron chi connectivity index (χ3n) is 6.56. The van der Waals surface area contributed by atoms with Crippen LogP contribution in [0.2, 0.25) is 0 Å². The number of para-hydroxylation sites is 2. The Kier molecular flexibility index (Phi) is 6.50. The smallest absolute Gasteiger partial charge is 0.326 e. The van der Waals surface area contributed by atoms with Crippen molar-refractivity contribution in [1.29, 1.82) is 0 Å². The number of fused-ring (bicyclic) bond motifs is 2. The van der Waals surface area contributed by atoms with Gasteiger partial charge in [0.2, 0.25) is 11.8 Å². The summed E-state index contributed by atoms with van der Waals surface area (Å²) in [5, 5.41) is 5.00. The first-order valence-electron chi connectivity index (χ1n) is 11.7. The van der Waals surface area contributed by atoms with E-state index < -0.39 is 0 Å². The summed E-state index contributed by atoms with van der Waals surface area (Å²) in [6.45, 7) is 3.81. The molecule has 0 aliphatic carbocycles. The van der Waals surface area contributed by atoms with Gasteiger partial charge in [0.1, 0.15) is 0 Å². The Morgan fingerprint density at radius 2 is 2.06 bits per heavy atom. The molecule has 3 aromatic heterocycles. The molecule has 4 heterocycles. The first-order chi connectivity index (χ1) is 17.0. The number of benzene rings is 1. The van der Waals surface area contributed by atoms with E-state index in [-0.39, 0.29) is 23.9 Å². The van der Waals surface area contributed by atoms with E-state index >= 15 is 0 Å². The summed E-state index contributed by atoms with van der Waals surface area (Å²) < 4.78 is 1.62. The number of nitrogens with one attached hydrogen (secondary N) is 2. The van der Waals surface area contributed by atoms with Crippen LogP contribution in [0.4, 0.5) is 0 Å². The van der Waals surface area contributed by atoms with Gasteiger partial charge in [-0.25, -0.2) is 4.79 Å². The van der Waals surface area contributed by atoms with Gasteiger partial charge < -0.3 is 15.2 Å². The predicted octanol–water partition coefficient (Wildman–Crippen LogP) is 2.93. The summed E-state index contributed by atoms with van der Waals surface area (Å²) in [4.78, 5) is 47.9. The Morgan fingerprint density at radius 3 is 2.89 bits per heavy atom. The van der Waals surface area contributed by atoms with Crippen LogP contribution in [-0.4, -0.2) is 37.8 Å². The number of aryl methyl sites for hydroxylation is 2. The van der Waals surface area contributed by atoms with Crippen molar-refractivity contribution in [3.8, 4) is 0 Å². The van der Waals surface area contributed by atoms with Crippen molar-refractivity contribution in [2.75, 3.05) is 6.54 Å². The number of amides is 2. The van der Waals surface area contributed by atoms with Crippen LogP contribution in [0.3, 0.4) is 0 Å². The fourth-order valence-corrected chi connectivity index (χ4v) is 5.39. The molecule has 0 bridgehead atoms. The average Bonchev–Trinajstić information content (AvgIpc) is 3.48. The molecule has 0 unspecified atom stereocenters.